The smallest absolute Gasteiger partial charge is 0.469 e. The molecule has 17 heteroatoms. The molecule has 2 aromatic heterocycles. The number of phosphoric ester groups is 1. The largest absolute Gasteiger partial charge is 0.504 e. The molecule has 1 aliphatic heterocycles. The highest BCUT2D eigenvalue weighted by Gasteiger charge is 2.45. The van der Waals surface area contributed by atoms with E-state index in [0.717, 1.165) is 0 Å². The molecule has 3 aromatic rings. The van der Waals surface area contributed by atoms with Gasteiger partial charge in [0.1, 0.15) is 30.4 Å². The summed E-state index contributed by atoms with van der Waals surface area (Å²) in [5, 5.41) is 34.5. The molecule has 4 rings (SSSR count). The van der Waals surface area contributed by atoms with Crippen molar-refractivity contribution in [3.8, 4) is 23.0 Å². The fraction of sp³-hybridized carbons (Fsp3) is 0.450. The predicted molar refractivity (Wildman–Crippen MR) is 124 cm³/mol. The second-order valence-electron chi connectivity index (χ2n) is 7.87. The molecule has 0 bridgehead atoms. The van der Waals surface area contributed by atoms with Gasteiger partial charge < -0.3 is 49.4 Å². The van der Waals surface area contributed by atoms with Gasteiger partial charge in [0.15, 0.2) is 34.7 Å². The maximum absolute atomic E-state index is 11.0. The molecule has 0 spiro atoms. The molecule has 1 saturated heterocycles. The van der Waals surface area contributed by atoms with E-state index in [-0.39, 0.29) is 40.8 Å². The van der Waals surface area contributed by atoms with Gasteiger partial charge in [0.25, 0.3) is 0 Å². The minimum absolute atomic E-state index is 0.0391. The van der Waals surface area contributed by atoms with Gasteiger partial charge in [0.2, 0.25) is 5.75 Å². The fourth-order valence-electron chi connectivity index (χ4n) is 3.95. The van der Waals surface area contributed by atoms with Crippen LogP contribution < -0.4 is 19.5 Å². The molecule has 6 N–H and O–H groups in total. The fourth-order valence-corrected chi connectivity index (χ4v) is 4.29. The summed E-state index contributed by atoms with van der Waals surface area (Å²) >= 11 is 0. The number of anilines is 1. The standard InChI is InChI=1S/C20H26N5O11P/c1-32-10-4-11(33-2)17(34-3)14(26)9(10)5-21-18-13-19(23-7-22-18)25(8-24-13)20-16(28)15(27)12(36-20)6-35-37(29,30)31/h4,7-8,12,15-16,20,26-28H,5-6H2,1-3H3,(H,21,22,23)(H2,29,30,31)/t12-,15-,16-,20-/m1/s1. The molecule has 0 amide bonds. The number of aliphatic hydroxyl groups excluding tert-OH is 2. The quantitative estimate of drug-likeness (QED) is 0.184. The molecule has 202 valence electrons. The van der Waals surface area contributed by atoms with Crippen molar-refractivity contribution in [1.82, 2.24) is 19.5 Å². The van der Waals surface area contributed by atoms with E-state index in [2.05, 4.69) is 24.8 Å². The van der Waals surface area contributed by atoms with Gasteiger partial charge in [-0.05, 0) is 0 Å². The number of phosphoric acid groups is 1. The summed E-state index contributed by atoms with van der Waals surface area (Å²) < 4.78 is 38.2. The van der Waals surface area contributed by atoms with Gasteiger partial charge in [-0.2, -0.15) is 0 Å². The van der Waals surface area contributed by atoms with Crippen LogP contribution in [0.2, 0.25) is 0 Å². The number of fused-ring (bicyclic) bond motifs is 1. The molecule has 1 aromatic carbocycles. The van der Waals surface area contributed by atoms with Crippen LogP contribution in [-0.2, 0) is 20.4 Å². The number of imidazole rings is 1. The number of methoxy groups -OCH3 is 3. The number of benzene rings is 1. The average Bonchev–Trinajstić information content (AvgIpc) is 3.42. The summed E-state index contributed by atoms with van der Waals surface area (Å²) in [6.45, 7) is -0.610. The Kier molecular flexibility index (Phi) is 7.70. The number of aromatic hydroxyl groups is 1. The van der Waals surface area contributed by atoms with Crippen LogP contribution in [0.1, 0.15) is 11.8 Å². The van der Waals surface area contributed by atoms with Crippen molar-refractivity contribution in [2.45, 2.75) is 31.1 Å². The number of rotatable bonds is 10. The van der Waals surface area contributed by atoms with Crippen LogP contribution in [0.3, 0.4) is 0 Å². The number of hydrogen-bond acceptors (Lipinski definition) is 13. The maximum Gasteiger partial charge on any atom is 0.469 e. The van der Waals surface area contributed by atoms with Gasteiger partial charge in [-0.25, -0.2) is 19.5 Å². The van der Waals surface area contributed by atoms with Gasteiger partial charge >= 0.3 is 7.82 Å². The van der Waals surface area contributed by atoms with Crippen molar-refractivity contribution < 1.29 is 53.1 Å². The van der Waals surface area contributed by atoms with E-state index in [0.29, 0.717) is 11.3 Å². The van der Waals surface area contributed by atoms with Gasteiger partial charge in [-0.1, -0.05) is 0 Å². The number of nitrogens with one attached hydrogen (secondary N) is 1. The second kappa shape index (κ2) is 10.6. The number of phenols is 1. The Labute approximate surface area is 209 Å². The van der Waals surface area contributed by atoms with Crippen LogP contribution in [-0.4, -0.2) is 90.9 Å². The Morgan fingerprint density at radius 3 is 2.46 bits per heavy atom. The minimum Gasteiger partial charge on any atom is -0.504 e. The van der Waals surface area contributed by atoms with Crippen LogP contribution in [0.15, 0.2) is 18.7 Å². The van der Waals surface area contributed by atoms with E-state index < -0.39 is 39.0 Å². The van der Waals surface area contributed by atoms with Gasteiger partial charge in [0, 0.05) is 12.6 Å². The highest BCUT2D eigenvalue weighted by Crippen LogP contribution is 2.45. The molecule has 3 heterocycles. The predicted octanol–water partition coefficient (Wildman–Crippen LogP) is -0.102. The molecule has 0 unspecified atom stereocenters. The third kappa shape index (κ3) is 5.26. The van der Waals surface area contributed by atoms with E-state index in [4.69, 9.17) is 28.7 Å². The third-order valence-corrected chi connectivity index (χ3v) is 6.22. The van der Waals surface area contributed by atoms with Crippen molar-refractivity contribution in [2.24, 2.45) is 0 Å². The summed E-state index contributed by atoms with van der Waals surface area (Å²) in [5.74, 6) is 0.820. The Hall–Kier alpha value is -3.24. The number of nitrogens with zero attached hydrogens (tertiary/aromatic N) is 4. The Morgan fingerprint density at radius 1 is 1.08 bits per heavy atom. The summed E-state index contributed by atoms with van der Waals surface area (Å²) in [5.41, 5.74) is 0.868. The molecule has 0 aliphatic carbocycles. The SMILES string of the molecule is COc1cc(OC)c(OC)c(O)c1CNc1ncnc2c1ncn2[C@@H]1O[C@H](COP(=O)(O)O)[C@@H](O)[C@H]1O. The molecule has 37 heavy (non-hydrogen) atoms. The lowest BCUT2D eigenvalue weighted by atomic mass is 10.1. The molecular weight excluding hydrogens is 517 g/mol. The van der Waals surface area contributed by atoms with Crippen LogP contribution >= 0.6 is 7.82 Å². The average molecular weight is 543 g/mol. The third-order valence-electron chi connectivity index (χ3n) is 5.74. The van der Waals surface area contributed by atoms with Crippen molar-refractivity contribution in [1.29, 1.82) is 0 Å². The van der Waals surface area contributed by atoms with E-state index in [1.807, 2.05) is 0 Å². The summed E-state index contributed by atoms with van der Waals surface area (Å²) in [7, 11) is -0.546. The van der Waals surface area contributed by atoms with Crippen LogP contribution in [0.4, 0.5) is 5.82 Å². The number of phenolic OH excluding ortho intramolecular Hbond substituents is 1. The van der Waals surface area contributed by atoms with E-state index in [9.17, 15) is 19.9 Å². The van der Waals surface area contributed by atoms with Crippen molar-refractivity contribution in [2.75, 3.05) is 33.3 Å². The maximum atomic E-state index is 11.0. The zero-order chi connectivity index (χ0) is 26.9. The number of hydrogen-bond donors (Lipinski definition) is 6. The lowest BCUT2D eigenvalue weighted by Gasteiger charge is -2.17. The van der Waals surface area contributed by atoms with Gasteiger partial charge in [-0.15, -0.1) is 0 Å². The van der Waals surface area contributed by atoms with E-state index >= 15 is 0 Å². The summed E-state index contributed by atoms with van der Waals surface area (Å²) in [6, 6.07) is 1.57. The first-order valence-corrected chi connectivity index (χ1v) is 12.3. The lowest BCUT2D eigenvalue weighted by Crippen LogP contribution is -2.33. The Bertz CT molecular complexity index is 1320. The van der Waals surface area contributed by atoms with Crippen LogP contribution in [0.25, 0.3) is 11.2 Å². The molecule has 0 saturated carbocycles. The van der Waals surface area contributed by atoms with Crippen LogP contribution in [0.5, 0.6) is 23.0 Å². The van der Waals surface area contributed by atoms with E-state index in [1.54, 1.807) is 6.07 Å². The molecular formula is C20H26N5O11P. The molecule has 1 fully saturated rings. The first-order valence-electron chi connectivity index (χ1n) is 10.7. The molecule has 4 atom stereocenters. The summed E-state index contributed by atoms with van der Waals surface area (Å²) in [4.78, 5) is 30.5. The summed E-state index contributed by atoms with van der Waals surface area (Å²) in [6.07, 6.45) is -2.81. The van der Waals surface area contributed by atoms with Crippen molar-refractivity contribution in [3.63, 3.8) is 0 Å². The highest BCUT2D eigenvalue weighted by molar-refractivity contribution is 7.46. The highest BCUT2D eigenvalue weighted by atomic mass is 31.2. The monoisotopic (exact) mass is 543 g/mol. The Morgan fingerprint density at radius 2 is 1.81 bits per heavy atom. The minimum atomic E-state index is -4.81. The normalized spacial score (nSPS) is 21.8. The number of aromatic nitrogens is 4. The molecule has 1 aliphatic rings. The van der Waals surface area contributed by atoms with Crippen molar-refractivity contribution >= 4 is 24.8 Å². The molecule has 0 radical (unpaired) electrons. The van der Waals surface area contributed by atoms with Crippen molar-refractivity contribution in [3.05, 3.63) is 24.3 Å². The Balaban J connectivity index is 1.59. The topological polar surface area (TPSA) is 220 Å². The number of aliphatic hydroxyl groups is 2. The number of ether oxygens (including phenoxy) is 4. The van der Waals surface area contributed by atoms with Gasteiger partial charge in [0.05, 0.1) is 39.8 Å². The second-order valence-corrected chi connectivity index (χ2v) is 9.11. The lowest BCUT2D eigenvalue weighted by molar-refractivity contribution is -0.0504. The first-order chi connectivity index (χ1) is 17.6. The van der Waals surface area contributed by atoms with Gasteiger partial charge in [-0.3, -0.25) is 9.09 Å². The zero-order valence-electron chi connectivity index (χ0n) is 19.9. The van der Waals surface area contributed by atoms with Crippen LogP contribution in [0, 0.1) is 0 Å². The zero-order valence-corrected chi connectivity index (χ0v) is 20.8. The van der Waals surface area contributed by atoms with E-state index in [1.165, 1.54) is 38.6 Å². The first kappa shape index (κ1) is 26.8. The molecule has 16 nitrogen and oxygen atoms in total.